The van der Waals surface area contributed by atoms with Crippen LogP contribution in [0.25, 0.3) is 0 Å². The fourth-order valence-corrected chi connectivity index (χ4v) is 3.56. The van der Waals surface area contributed by atoms with Crippen molar-refractivity contribution in [2.45, 2.75) is 44.5 Å². The van der Waals surface area contributed by atoms with Gasteiger partial charge in [0.2, 0.25) is 10.0 Å². The van der Waals surface area contributed by atoms with Gasteiger partial charge in [0.15, 0.2) is 0 Å². The van der Waals surface area contributed by atoms with Crippen molar-refractivity contribution < 1.29 is 13.2 Å². The molecule has 7 heteroatoms. The summed E-state index contributed by atoms with van der Waals surface area (Å²) in [6.07, 6.45) is 3.27. The first-order valence-corrected chi connectivity index (χ1v) is 9.60. The van der Waals surface area contributed by atoms with E-state index in [4.69, 9.17) is 0 Å². The van der Waals surface area contributed by atoms with Crippen molar-refractivity contribution in [3.05, 3.63) is 35.4 Å². The highest BCUT2D eigenvalue weighted by Crippen LogP contribution is 2.16. The Morgan fingerprint density at radius 2 is 2.04 bits per heavy atom. The Bertz CT molecular complexity index is 646. The second kappa shape index (κ2) is 7.79. The summed E-state index contributed by atoms with van der Waals surface area (Å²) >= 11 is 0. The van der Waals surface area contributed by atoms with E-state index < -0.39 is 10.0 Å². The molecule has 0 radical (unpaired) electrons. The predicted octanol–water partition coefficient (Wildman–Crippen LogP) is 1.82. The number of nitrogens with one attached hydrogen (secondary N) is 2. The van der Waals surface area contributed by atoms with Gasteiger partial charge in [0, 0.05) is 19.1 Å². The molecule has 1 aromatic carbocycles. The molecule has 1 aromatic rings. The molecule has 6 nitrogen and oxygen atoms in total. The molecule has 1 heterocycles. The number of sulfonamides is 1. The Morgan fingerprint density at radius 1 is 1.30 bits per heavy atom. The van der Waals surface area contributed by atoms with Crippen LogP contribution in [0.15, 0.2) is 24.3 Å². The number of hydrogen-bond acceptors (Lipinski definition) is 3. The SMILES string of the molecule is CNS(=O)(=O)Cc1cccc(CNC(=O)N2CCCC[C@H]2C)c1. The molecule has 1 saturated heterocycles. The quantitative estimate of drug-likeness (QED) is 0.859. The maximum absolute atomic E-state index is 12.3. The summed E-state index contributed by atoms with van der Waals surface area (Å²) in [7, 11) is -1.89. The highest BCUT2D eigenvalue weighted by molar-refractivity contribution is 7.88. The fourth-order valence-electron chi connectivity index (χ4n) is 2.80. The van der Waals surface area contributed by atoms with Gasteiger partial charge in [-0.2, -0.15) is 0 Å². The molecule has 2 amide bonds. The Balaban J connectivity index is 1.94. The third-order valence-corrected chi connectivity index (χ3v) is 5.50. The molecule has 0 bridgehead atoms. The first kappa shape index (κ1) is 17.7. The summed E-state index contributed by atoms with van der Waals surface area (Å²) in [4.78, 5) is 14.1. The van der Waals surface area contributed by atoms with Crippen LogP contribution >= 0.6 is 0 Å². The molecule has 1 aliphatic heterocycles. The van der Waals surface area contributed by atoms with E-state index >= 15 is 0 Å². The molecule has 0 aliphatic carbocycles. The summed E-state index contributed by atoms with van der Waals surface area (Å²) in [5, 5.41) is 2.93. The molecule has 2 rings (SSSR count). The van der Waals surface area contributed by atoms with Crippen molar-refractivity contribution in [1.82, 2.24) is 14.9 Å². The number of urea groups is 1. The van der Waals surface area contributed by atoms with Gasteiger partial charge in [-0.05, 0) is 44.4 Å². The second-order valence-corrected chi connectivity index (χ2v) is 7.91. The van der Waals surface area contributed by atoms with E-state index in [9.17, 15) is 13.2 Å². The standard InChI is InChI=1S/C16H25N3O3S/c1-13-6-3-4-9-19(13)16(20)18-11-14-7-5-8-15(10-14)12-23(21,22)17-2/h5,7-8,10,13,17H,3-4,6,9,11-12H2,1-2H3,(H,18,20)/t13-/m1/s1. The summed E-state index contributed by atoms with van der Waals surface area (Å²) in [5.74, 6) is -0.0611. The fraction of sp³-hybridized carbons (Fsp3) is 0.562. The van der Waals surface area contributed by atoms with Crippen LogP contribution < -0.4 is 10.0 Å². The topological polar surface area (TPSA) is 78.5 Å². The summed E-state index contributed by atoms with van der Waals surface area (Å²) in [5.41, 5.74) is 1.60. The highest BCUT2D eigenvalue weighted by atomic mass is 32.2. The van der Waals surface area contributed by atoms with E-state index in [2.05, 4.69) is 17.0 Å². The maximum atomic E-state index is 12.3. The minimum atomic E-state index is -3.29. The second-order valence-electron chi connectivity index (χ2n) is 5.98. The lowest BCUT2D eigenvalue weighted by Crippen LogP contribution is -2.47. The van der Waals surface area contributed by atoms with E-state index in [1.54, 1.807) is 6.07 Å². The summed E-state index contributed by atoms with van der Waals surface area (Å²) in [6, 6.07) is 7.50. The predicted molar refractivity (Wildman–Crippen MR) is 90.4 cm³/mol. The number of likely N-dealkylation sites (tertiary alicyclic amines) is 1. The van der Waals surface area contributed by atoms with Crippen LogP contribution in [0, 0.1) is 0 Å². The zero-order chi connectivity index (χ0) is 16.9. The average Bonchev–Trinajstić information content (AvgIpc) is 2.53. The van der Waals surface area contributed by atoms with Gasteiger partial charge in [-0.3, -0.25) is 0 Å². The molecule has 0 saturated carbocycles. The Morgan fingerprint density at radius 3 is 2.74 bits per heavy atom. The van der Waals surface area contributed by atoms with E-state index in [-0.39, 0.29) is 17.8 Å². The van der Waals surface area contributed by atoms with Gasteiger partial charge in [0.1, 0.15) is 0 Å². The van der Waals surface area contributed by atoms with Gasteiger partial charge in [0.25, 0.3) is 0 Å². The molecule has 128 valence electrons. The van der Waals surface area contributed by atoms with Crippen LogP contribution in [-0.4, -0.2) is 39.0 Å². The molecule has 23 heavy (non-hydrogen) atoms. The van der Waals surface area contributed by atoms with E-state index in [1.807, 2.05) is 23.1 Å². The van der Waals surface area contributed by atoms with Gasteiger partial charge in [0.05, 0.1) is 5.75 Å². The zero-order valence-electron chi connectivity index (χ0n) is 13.7. The average molecular weight is 339 g/mol. The molecule has 1 atom stereocenters. The van der Waals surface area contributed by atoms with Crippen molar-refractivity contribution in [1.29, 1.82) is 0 Å². The van der Waals surface area contributed by atoms with Crippen molar-refractivity contribution in [3.8, 4) is 0 Å². The first-order valence-electron chi connectivity index (χ1n) is 7.95. The molecule has 0 aromatic heterocycles. The minimum absolute atomic E-state index is 0.0505. The zero-order valence-corrected chi connectivity index (χ0v) is 14.5. The van der Waals surface area contributed by atoms with Crippen LogP contribution in [0.5, 0.6) is 0 Å². The number of carbonyl (C=O) groups is 1. The van der Waals surface area contributed by atoms with Gasteiger partial charge in [-0.15, -0.1) is 0 Å². The van der Waals surface area contributed by atoms with Crippen molar-refractivity contribution >= 4 is 16.1 Å². The Labute approximate surface area is 138 Å². The van der Waals surface area contributed by atoms with Crippen LogP contribution in [0.2, 0.25) is 0 Å². The molecule has 2 N–H and O–H groups in total. The van der Waals surface area contributed by atoms with Crippen molar-refractivity contribution in [2.24, 2.45) is 0 Å². The maximum Gasteiger partial charge on any atom is 0.317 e. The first-order chi connectivity index (χ1) is 10.9. The third-order valence-electron chi connectivity index (χ3n) is 4.17. The monoisotopic (exact) mass is 339 g/mol. The number of rotatable bonds is 5. The highest BCUT2D eigenvalue weighted by Gasteiger charge is 2.22. The van der Waals surface area contributed by atoms with Crippen molar-refractivity contribution in [2.75, 3.05) is 13.6 Å². The van der Waals surface area contributed by atoms with E-state index in [0.717, 1.165) is 24.9 Å². The van der Waals surface area contributed by atoms with Crippen LogP contribution in [0.1, 0.15) is 37.3 Å². The van der Waals surface area contributed by atoms with E-state index in [0.29, 0.717) is 12.1 Å². The third kappa shape index (κ3) is 5.21. The van der Waals surface area contributed by atoms with Crippen molar-refractivity contribution in [3.63, 3.8) is 0 Å². The summed E-state index contributed by atoms with van der Waals surface area (Å²) in [6.45, 7) is 3.27. The number of nitrogens with zero attached hydrogens (tertiary/aromatic N) is 1. The van der Waals surface area contributed by atoms with Crippen LogP contribution in [-0.2, 0) is 22.3 Å². The Kier molecular flexibility index (Phi) is 6.01. The normalized spacial score (nSPS) is 18.7. The molecular formula is C16H25N3O3S. The molecule has 1 aliphatic rings. The lowest BCUT2D eigenvalue weighted by molar-refractivity contribution is 0.158. The lowest BCUT2D eigenvalue weighted by atomic mass is 10.0. The number of carbonyl (C=O) groups excluding carboxylic acids is 1. The van der Waals surface area contributed by atoms with Gasteiger partial charge in [-0.1, -0.05) is 24.3 Å². The summed E-state index contributed by atoms with van der Waals surface area (Å²) < 4.78 is 25.5. The minimum Gasteiger partial charge on any atom is -0.334 e. The van der Waals surface area contributed by atoms with Gasteiger partial charge in [-0.25, -0.2) is 17.9 Å². The number of benzene rings is 1. The number of amides is 2. The largest absolute Gasteiger partial charge is 0.334 e. The van der Waals surface area contributed by atoms with Crippen LogP contribution in [0.3, 0.4) is 0 Å². The lowest BCUT2D eigenvalue weighted by Gasteiger charge is -2.33. The molecular weight excluding hydrogens is 314 g/mol. The number of piperidine rings is 1. The Hall–Kier alpha value is -1.60. The molecule has 0 unspecified atom stereocenters. The van der Waals surface area contributed by atoms with E-state index in [1.165, 1.54) is 13.5 Å². The van der Waals surface area contributed by atoms with Gasteiger partial charge >= 0.3 is 6.03 Å². The smallest absolute Gasteiger partial charge is 0.317 e. The number of hydrogen-bond donors (Lipinski definition) is 2. The van der Waals surface area contributed by atoms with Gasteiger partial charge < -0.3 is 10.2 Å². The molecule has 0 spiro atoms. The molecule has 1 fully saturated rings. The van der Waals surface area contributed by atoms with Crippen LogP contribution in [0.4, 0.5) is 4.79 Å².